The number of carbonyl (C=O) groups excluding carboxylic acids is 1. The number of carboxylic acids is 1. The van der Waals surface area contributed by atoms with Crippen molar-refractivity contribution in [2.45, 2.75) is 49.8 Å². The molecule has 1 saturated carbocycles. The van der Waals surface area contributed by atoms with Gasteiger partial charge in [-0.25, -0.2) is 0 Å². The van der Waals surface area contributed by atoms with Crippen LogP contribution in [0.4, 0.5) is 0 Å². The Bertz CT molecular complexity index is 1280. The van der Waals surface area contributed by atoms with Crippen LogP contribution in [-0.2, 0) is 14.3 Å². The van der Waals surface area contributed by atoms with E-state index in [0.29, 0.717) is 12.6 Å². The van der Waals surface area contributed by atoms with E-state index < -0.39 is 5.97 Å². The van der Waals surface area contributed by atoms with Crippen molar-refractivity contribution in [3.63, 3.8) is 0 Å². The molecule has 7 nitrogen and oxygen atoms in total. The predicted molar refractivity (Wildman–Crippen MR) is 136 cm³/mol. The number of hydrogen-bond donors (Lipinski definition) is 1. The Morgan fingerprint density at radius 1 is 1.08 bits per heavy atom. The Morgan fingerprint density at radius 2 is 1.83 bits per heavy atom. The molecular weight excluding hydrogens is 454 g/mol. The maximum Gasteiger partial charge on any atom is 0.305 e. The zero-order valence-electron chi connectivity index (χ0n) is 20.3. The molecule has 1 unspecified atom stereocenters. The van der Waals surface area contributed by atoms with Crippen molar-refractivity contribution >= 4 is 22.8 Å². The summed E-state index contributed by atoms with van der Waals surface area (Å²) in [6.07, 6.45) is 5.66. The van der Waals surface area contributed by atoms with Crippen molar-refractivity contribution < 1.29 is 19.4 Å². The molecular formula is C29H31N3O4. The van der Waals surface area contributed by atoms with Gasteiger partial charge >= 0.3 is 5.97 Å². The zero-order chi connectivity index (χ0) is 24.7. The number of benzene rings is 2. The summed E-state index contributed by atoms with van der Waals surface area (Å²) >= 11 is 0. The van der Waals surface area contributed by atoms with Crippen LogP contribution < -0.4 is 0 Å². The summed E-state index contributed by atoms with van der Waals surface area (Å²) in [5, 5.41) is 10.8. The SMILES string of the molecule is O=C(O)CC(c1ccc(-c2ccc3cccnc3c2)cc1)N1CCC2(CC1)CN(C1CC1)C(=O)CO2. The average Bonchev–Trinajstić information content (AvgIpc) is 3.75. The molecule has 7 heteroatoms. The van der Waals surface area contributed by atoms with Gasteiger partial charge in [-0.2, -0.15) is 0 Å². The number of carboxylic acid groups (broad SMARTS) is 1. The number of fused-ring (bicyclic) bond motifs is 1. The number of likely N-dealkylation sites (tertiary alicyclic amines) is 1. The van der Waals surface area contributed by atoms with Crippen LogP contribution in [0.5, 0.6) is 0 Å². The fourth-order valence-electron chi connectivity index (χ4n) is 5.77. The molecule has 1 spiro atoms. The lowest BCUT2D eigenvalue weighted by molar-refractivity contribution is -0.174. The molecule has 0 bridgehead atoms. The van der Waals surface area contributed by atoms with Crippen molar-refractivity contribution in [1.29, 1.82) is 0 Å². The van der Waals surface area contributed by atoms with E-state index in [1.165, 1.54) is 0 Å². The van der Waals surface area contributed by atoms with Crippen LogP contribution in [0.25, 0.3) is 22.0 Å². The maximum absolute atomic E-state index is 12.3. The molecule has 0 radical (unpaired) electrons. The Balaban J connectivity index is 1.18. The highest BCUT2D eigenvalue weighted by atomic mass is 16.5. The Hall–Kier alpha value is -3.29. The van der Waals surface area contributed by atoms with E-state index in [9.17, 15) is 14.7 Å². The molecule has 2 aliphatic heterocycles. The van der Waals surface area contributed by atoms with Crippen molar-refractivity contribution in [2.24, 2.45) is 0 Å². The number of amides is 1. The van der Waals surface area contributed by atoms with Crippen LogP contribution >= 0.6 is 0 Å². The number of ether oxygens (including phenoxy) is 1. The highest BCUT2D eigenvalue weighted by Crippen LogP contribution is 2.39. The predicted octanol–water partition coefficient (Wildman–Crippen LogP) is 4.27. The molecule has 36 heavy (non-hydrogen) atoms. The highest BCUT2D eigenvalue weighted by Gasteiger charge is 2.46. The molecule has 2 saturated heterocycles. The standard InChI is InChI=1S/C29H31N3O4/c33-27-18-36-29(19-32(27)24-9-10-24)11-14-31(15-12-29)26(17-28(34)35)22-6-3-20(4-7-22)23-8-5-21-2-1-13-30-25(21)16-23/h1-8,13,16,24,26H,9-12,14-15,17-19H2,(H,34,35). The van der Waals surface area contributed by atoms with Crippen LogP contribution in [0, 0.1) is 0 Å². The molecule has 1 aliphatic carbocycles. The Labute approximate surface area is 210 Å². The van der Waals surface area contributed by atoms with Gasteiger partial charge in [-0.15, -0.1) is 0 Å². The van der Waals surface area contributed by atoms with Crippen LogP contribution in [0.1, 0.15) is 43.7 Å². The van der Waals surface area contributed by atoms with Crippen molar-refractivity contribution in [1.82, 2.24) is 14.8 Å². The monoisotopic (exact) mass is 485 g/mol. The van der Waals surface area contributed by atoms with Gasteiger partial charge in [0.15, 0.2) is 0 Å². The fraction of sp³-hybridized carbons (Fsp3) is 0.414. The number of aromatic nitrogens is 1. The topological polar surface area (TPSA) is 83.0 Å². The van der Waals surface area contributed by atoms with Crippen molar-refractivity contribution in [3.8, 4) is 11.1 Å². The van der Waals surface area contributed by atoms with Crippen LogP contribution in [0.15, 0.2) is 60.8 Å². The van der Waals surface area contributed by atoms with Gasteiger partial charge in [0.05, 0.1) is 24.1 Å². The Kier molecular flexibility index (Phi) is 5.97. The first-order valence-corrected chi connectivity index (χ1v) is 12.8. The second-order valence-corrected chi connectivity index (χ2v) is 10.4. The third-order valence-corrected chi connectivity index (χ3v) is 8.02. The van der Waals surface area contributed by atoms with E-state index >= 15 is 0 Å². The first-order valence-electron chi connectivity index (χ1n) is 12.8. The lowest BCUT2D eigenvalue weighted by atomic mass is 9.87. The van der Waals surface area contributed by atoms with Gasteiger partial charge in [-0.05, 0) is 54.5 Å². The van der Waals surface area contributed by atoms with Gasteiger partial charge in [-0.1, -0.05) is 42.5 Å². The molecule has 1 N–H and O–H groups in total. The number of aliphatic carboxylic acids is 1. The minimum absolute atomic E-state index is 0.0553. The van der Waals surface area contributed by atoms with Gasteiger partial charge in [-0.3, -0.25) is 19.5 Å². The summed E-state index contributed by atoms with van der Waals surface area (Å²) in [7, 11) is 0. The first kappa shape index (κ1) is 23.1. The molecule has 6 rings (SSSR count). The number of rotatable bonds is 6. The summed E-state index contributed by atoms with van der Waals surface area (Å²) in [5.74, 6) is -0.694. The second kappa shape index (κ2) is 9.30. The van der Waals surface area contributed by atoms with Crippen LogP contribution in [-0.4, -0.2) is 69.7 Å². The minimum atomic E-state index is -0.801. The molecule has 1 amide bonds. The number of piperidine rings is 1. The molecule has 3 fully saturated rings. The van der Waals surface area contributed by atoms with Crippen molar-refractivity contribution in [3.05, 3.63) is 66.4 Å². The second-order valence-electron chi connectivity index (χ2n) is 10.4. The van der Waals surface area contributed by atoms with Gasteiger partial charge < -0.3 is 14.7 Å². The van der Waals surface area contributed by atoms with E-state index in [4.69, 9.17) is 4.74 Å². The van der Waals surface area contributed by atoms with Gasteiger partial charge in [0.2, 0.25) is 5.91 Å². The molecule has 186 valence electrons. The lowest BCUT2D eigenvalue weighted by Crippen LogP contribution is -2.59. The van der Waals surface area contributed by atoms with Gasteiger partial charge in [0, 0.05) is 36.8 Å². The molecule has 1 atom stereocenters. The van der Waals surface area contributed by atoms with Crippen LogP contribution in [0.2, 0.25) is 0 Å². The summed E-state index contributed by atoms with van der Waals surface area (Å²) in [6.45, 7) is 2.34. The number of pyridine rings is 1. The largest absolute Gasteiger partial charge is 0.481 e. The summed E-state index contributed by atoms with van der Waals surface area (Å²) in [4.78, 5) is 32.8. The number of nitrogens with zero attached hydrogens (tertiary/aromatic N) is 3. The summed E-state index contributed by atoms with van der Waals surface area (Å²) in [6, 6.07) is 18.7. The summed E-state index contributed by atoms with van der Waals surface area (Å²) in [5.41, 5.74) is 3.84. The Morgan fingerprint density at radius 3 is 2.56 bits per heavy atom. The normalized spacial score (nSPS) is 21.1. The minimum Gasteiger partial charge on any atom is -0.481 e. The quantitative estimate of drug-likeness (QED) is 0.561. The molecule has 3 heterocycles. The van der Waals surface area contributed by atoms with E-state index in [0.717, 1.165) is 66.4 Å². The lowest BCUT2D eigenvalue weighted by Gasteiger charge is -2.48. The molecule has 3 aliphatic rings. The first-order chi connectivity index (χ1) is 17.5. The van der Waals surface area contributed by atoms with Gasteiger partial charge in [0.1, 0.15) is 6.61 Å². The van der Waals surface area contributed by atoms with Gasteiger partial charge in [0.25, 0.3) is 0 Å². The fourth-order valence-corrected chi connectivity index (χ4v) is 5.77. The van der Waals surface area contributed by atoms with E-state index in [-0.39, 0.29) is 30.6 Å². The highest BCUT2D eigenvalue weighted by molar-refractivity contribution is 5.84. The van der Waals surface area contributed by atoms with E-state index in [1.807, 2.05) is 17.0 Å². The third-order valence-electron chi connectivity index (χ3n) is 8.02. The average molecular weight is 486 g/mol. The van der Waals surface area contributed by atoms with Crippen LogP contribution in [0.3, 0.4) is 0 Å². The van der Waals surface area contributed by atoms with E-state index in [1.54, 1.807) is 6.20 Å². The summed E-state index contributed by atoms with van der Waals surface area (Å²) < 4.78 is 6.10. The molecule has 2 aromatic carbocycles. The zero-order valence-corrected chi connectivity index (χ0v) is 20.3. The molecule has 1 aromatic heterocycles. The molecule has 3 aromatic rings. The number of hydrogen-bond acceptors (Lipinski definition) is 5. The van der Waals surface area contributed by atoms with Crippen molar-refractivity contribution in [2.75, 3.05) is 26.2 Å². The number of carbonyl (C=O) groups is 2. The maximum atomic E-state index is 12.3. The smallest absolute Gasteiger partial charge is 0.305 e. The third kappa shape index (κ3) is 4.61. The van der Waals surface area contributed by atoms with E-state index in [2.05, 4.69) is 52.3 Å². The number of morpholine rings is 1.